The molecule has 1 amide bonds. The molecule has 1 fully saturated rings. The summed E-state index contributed by atoms with van der Waals surface area (Å²) in [5, 5.41) is 9.69. The number of rotatable bonds is 4. The molecule has 0 spiro atoms. The number of amides is 1. The quantitative estimate of drug-likeness (QED) is 0.864. The third-order valence-electron chi connectivity index (χ3n) is 3.59. The Hall–Kier alpha value is -0.970. The predicted molar refractivity (Wildman–Crippen MR) is 70.4 cm³/mol. The highest BCUT2D eigenvalue weighted by atomic mass is 32.2. The third-order valence-corrected chi connectivity index (χ3v) is 5.01. The van der Waals surface area contributed by atoms with Gasteiger partial charge in [0.1, 0.15) is 0 Å². The van der Waals surface area contributed by atoms with Crippen LogP contribution in [0.2, 0.25) is 0 Å². The Morgan fingerprint density at radius 2 is 2.29 bits per heavy atom. The van der Waals surface area contributed by atoms with Crippen molar-refractivity contribution >= 4 is 17.7 Å². The molecule has 0 bridgehead atoms. The van der Waals surface area contributed by atoms with Gasteiger partial charge in [-0.2, -0.15) is 16.9 Å². The van der Waals surface area contributed by atoms with Crippen molar-refractivity contribution in [2.24, 2.45) is 0 Å². The van der Waals surface area contributed by atoms with E-state index in [1.807, 2.05) is 18.7 Å². The first-order chi connectivity index (χ1) is 8.17. The highest BCUT2D eigenvalue weighted by Gasteiger charge is 2.33. The van der Waals surface area contributed by atoms with Crippen LogP contribution < -0.4 is 5.32 Å². The van der Waals surface area contributed by atoms with E-state index in [9.17, 15) is 4.79 Å². The van der Waals surface area contributed by atoms with Crippen LogP contribution >= 0.6 is 11.8 Å². The van der Waals surface area contributed by atoms with Gasteiger partial charge in [0.15, 0.2) is 0 Å². The lowest BCUT2D eigenvalue weighted by Gasteiger charge is -2.26. The molecule has 5 heteroatoms. The fraction of sp³-hybridized carbons (Fsp3) is 0.667. The number of thioether (sulfide) groups is 1. The number of carbonyl (C=O) groups excluding carboxylic acids is 1. The van der Waals surface area contributed by atoms with Crippen LogP contribution in [0.5, 0.6) is 0 Å². The van der Waals surface area contributed by atoms with Crippen molar-refractivity contribution in [3.63, 3.8) is 0 Å². The second kappa shape index (κ2) is 5.12. The van der Waals surface area contributed by atoms with Gasteiger partial charge in [-0.25, -0.2) is 0 Å². The van der Waals surface area contributed by atoms with Gasteiger partial charge >= 0.3 is 0 Å². The summed E-state index contributed by atoms with van der Waals surface area (Å²) in [5.74, 6) is -0.0171. The van der Waals surface area contributed by atoms with Gasteiger partial charge in [-0.1, -0.05) is 12.8 Å². The van der Waals surface area contributed by atoms with Crippen LogP contribution in [0, 0.1) is 6.92 Å². The molecule has 0 radical (unpaired) electrons. The lowest BCUT2D eigenvalue weighted by atomic mass is 10.1. The monoisotopic (exact) mass is 253 g/mol. The number of aromatic amines is 1. The van der Waals surface area contributed by atoms with E-state index < -0.39 is 0 Å². The summed E-state index contributed by atoms with van der Waals surface area (Å²) in [6.07, 6.45) is 8.70. The van der Waals surface area contributed by atoms with Crippen molar-refractivity contribution in [3.8, 4) is 0 Å². The zero-order valence-corrected chi connectivity index (χ0v) is 11.2. The molecule has 1 aliphatic carbocycles. The van der Waals surface area contributed by atoms with Crippen LogP contribution in [0.1, 0.15) is 41.7 Å². The van der Waals surface area contributed by atoms with E-state index in [2.05, 4.69) is 21.8 Å². The summed E-state index contributed by atoms with van der Waals surface area (Å²) in [7, 11) is 0. The Bertz CT molecular complexity index is 396. The first-order valence-electron chi connectivity index (χ1n) is 6.00. The summed E-state index contributed by atoms with van der Waals surface area (Å²) in [6.45, 7) is 2.62. The molecule has 2 N–H and O–H groups in total. The first kappa shape index (κ1) is 12.5. The lowest BCUT2D eigenvalue weighted by molar-refractivity contribution is 0.0949. The number of carbonyl (C=O) groups is 1. The van der Waals surface area contributed by atoms with Crippen molar-refractivity contribution in [2.45, 2.75) is 37.4 Å². The van der Waals surface area contributed by atoms with Crippen LogP contribution in [0.25, 0.3) is 0 Å². The molecule has 1 saturated carbocycles. The molecule has 1 aliphatic rings. The Balaban J connectivity index is 1.94. The second-order valence-corrected chi connectivity index (χ2v) is 5.96. The summed E-state index contributed by atoms with van der Waals surface area (Å²) in [6, 6.07) is 0. The third kappa shape index (κ3) is 2.65. The largest absolute Gasteiger partial charge is 0.351 e. The zero-order valence-electron chi connectivity index (χ0n) is 10.4. The van der Waals surface area contributed by atoms with E-state index in [1.54, 1.807) is 6.20 Å². The van der Waals surface area contributed by atoms with E-state index in [-0.39, 0.29) is 10.7 Å². The molecule has 1 aromatic rings. The number of hydrogen-bond donors (Lipinski definition) is 2. The topological polar surface area (TPSA) is 57.8 Å². The molecule has 0 aromatic carbocycles. The van der Waals surface area contributed by atoms with Crippen molar-refractivity contribution in [2.75, 3.05) is 12.8 Å². The highest BCUT2D eigenvalue weighted by molar-refractivity contribution is 8.00. The van der Waals surface area contributed by atoms with Crippen LogP contribution in [0.4, 0.5) is 0 Å². The van der Waals surface area contributed by atoms with E-state index >= 15 is 0 Å². The minimum Gasteiger partial charge on any atom is -0.351 e. The molecular weight excluding hydrogens is 234 g/mol. The number of H-pyrrole nitrogens is 1. The van der Waals surface area contributed by atoms with Crippen LogP contribution in [-0.2, 0) is 0 Å². The van der Waals surface area contributed by atoms with Crippen LogP contribution in [0.15, 0.2) is 6.20 Å². The van der Waals surface area contributed by atoms with Gasteiger partial charge < -0.3 is 5.32 Å². The molecule has 0 aliphatic heterocycles. The van der Waals surface area contributed by atoms with Gasteiger partial charge in [-0.3, -0.25) is 9.89 Å². The van der Waals surface area contributed by atoms with Gasteiger partial charge in [0.25, 0.3) is 5.91 Å². The number of aromatic nitrogens is 2. The number of aryl methyl sites for hydroxylation is 1. The zero-order chi connectivity index (χ0) is 12.3. The molecule has 1 heterocycles. The van der Waals surface area contributed by atoms with Crippen LogP contribution in [0.3, 0.4) is 0 Å². The van der Waals surface area contributed by atoms with Gasteiger partial charge in [0.2, 0.25) is 0 Å². The molecule has 1 aromatic heterocycles. The van der Waals surface area contributed by atoms with Gasteiger partial charge in [0, 0.05) is 17.0 Å². The number of nitrogens with zero attached hydrogens (tertiary/aromatic N) is 1. The van der Waals surface area contributed by atoms with Gasteiger partial charge in [-0.15, -0.1) is 0 Å². The Labute approximate surface area is 106 Å². The average molecular weight is 253 g/mol. The van der Waals surface area contributed by atoms with Gasteiger partial charge in [0.05, 0.1) is 11.8 Å². The second-order valence-electron chi connectivity index (χ2n) is 4.69. The number of hydrogen-bond acceptors (Lipinski definition) is 3. The molecule has 0 unspecified atom stereocenters. The van der Waals surface area contributed by atoms with Crippen molar-refractivity contribution in [1.29, 1.82) is 0 Å². The molecule has 2 rings (SSSR count). The normalized spacial score (nSPS) is 18.2. The maximum atomic E-state index is 12.0. The summed E-state index contributed by atoms with van der Waals surface area (Å²) in [5.41, 5.74) is 1.48. The Morgan fingerprint density at radius 3 is 2.82 bits per heavy atom. The number of nitrogens with one attached hydrogen (secondary N) is 2. The molecular formula is C12H19N3OS. The highest BCUT2D eigenvalue weighted by Crippen LogP contribution is 2.39. The first-order valence-corrected chi connectivity index (χ1v) is 7.23. The van der Waals surface area contributed by atoms with Gasteiger partial charge in [-0.05, 0) is 26.0 Å². The lowest BCUT2D eigenvalue weighted by Crippen LogP contribution is -2.38. The van der Waals surface area contributed by atoms with E-state index in [0.29, 0.717) is 5.56 Å². The van der Waals surface area contributed by atoms with Crippen LogP contribution in [-0.4, -0.2) is 33.7 Å². The molecule has 94 valence electrons. The molecule has 0 atom stereocenters. The minimum absolute atomic E-state index is 0.0171. The standard InChI is InChI=1S/C12H19N3OS/c1-9-10(7-14-15-9)11(16)13-8-12(17-2)5-3-4-6-12/h7H,3-6,8H2,1-2H3,(H,13,16)(H,14,15). The summed E-state index contributed by atoms with van der Waals surface area (Å²) >= 11 is 1.89. The maximum Gasteiger partial charge on any atom is 0.254 e. The van der Waals surface area contributed by atoms with E-state index in [0.717, 1.165) is 12.2 Å². The Kier molecular flexibility index (Phi) is 3.76. The molecule has 4 nitrogen and oxygen atoms in total. The van der Waals surface area contributed by atoms with Crippen molar-refractivity contribution in [1.82, 2.24) is 15.5 Å². The average Bonchev–Trinajstić information content (AvgIpc) is 2.95. The molecule has 0 saturated heterocycles. The van der Waals surface area contributed by atoms with E-state index in [1.165, 1.54) is 25.7 Å². The fourth-order valence-corrected chi connectivity index (χ4v) is 3.30. The van der Waals surface area contributed by atoms with Crippen molar-refractivity contribution < 1.29 is 4.79 Å². The predicted octanol–water partition coefficient (Wildman–Crippen LogP) is 2.12. The SMILES string of the molecule is CSC1(CNC(=O)c2cn[nH]c2C)CCCC1. The smallest absolute Gasteiger partial charge is 0.254 e. The van der Waals surface area contributed by atoms with E-state index in [4.69, 9.17) is 0 Å². The fourth-order valence-electron chi connectivity index (χ4n) is 2.39. The van der Waals surface area contributed by atoms with Crippen molar-refractivity contribution in [3.05, 3.63) is 17.5 Å². The minimum atomic E-state index is -0.0171. The maximum absolute atomic E-state index is 12.0. The summed E-state index contributed by atoms with van der Waals surface area (Å²) < 4.78 is 0.257. The Morgan fingerprint density at radius 1 is 1.59 bits per heavy atom. The molecule has 17 heavy (non-hydrogen) atoms. The summed E-state index contributed by atoms with van der Waals surface area (Å²) in [4.78, 5) is 12.0.